The van der Waals surface area contributed by atoms with Gasteiger partial charge in [0.2, 0.25) is 5.91 Å². The van der Waals surface area contributed by atoms with Crippen molar-refractivity contribution in [2.75, 3.05) is 20.8 Å². The Morgan fingerprint density at radius 2 is 2.11 bits per heavy atom. The second-order valence-electron chi connectivity index (χ2n) is 6.30. The van der Waals surface area contributed by atoms with E-state index in [1.54, 1.807) is 36.7 Å². The monoisotopic (exact) mass is 406 g/mol. The number of rotatable bonds is 7. The molecule has 1 amide bonds. The molecule has 0 aliphatic heterocycles. The fraction of sp³-hybridized carbons (Fsp3) is 0.400. The molecule has 1 aromatic heterocycles. The number of carbonyl (C=O) groups is 1. The van der Waals surface area contributed by atoms with E-state index in [2.05, 4.69) is 5.32 Å². The van der Waals surface area contributed by atoms with Crippen LogP contribution in [0, 0.1) is 0 Å². The van der Waals surface area contributed by atoms with Crippen LogP contribution in [0.2, 0.25) is 5.02 Å². The first-order chi connectivity index (χ1) is 13.1. The lowest BCUT2D eigenvalue weighted by Gasteiger charge is -2.10. The van der Waals surface area contributed by atoms with Crippen molar-refractivity contribution in [3.8, 4) is 11.5 Å². The van der Waals surface area contributed by atoms with Gasteiger partial charge in [0.15, 0.2) is 11.5 Å². The summed E-state index contributed by atoms with van der Waals surface area (Å²) < 4.78 is 10.5. The number of aryl methyl sites for hydroxylation is 2. The molecular formula is C20H23ClN2O3S. The Labute approximate surface area is 168 Å². The Morgan fingerprint density at radius 3 is 2.85 bits per heavy atom. The van der Waals surface area contributed by atoms with Crippen molar-refractivity contribution in [1.29, 1.82) is 0 Å². The molecule has 5 nitrogen and oxygen atoms in total. The van der Waals surface area contributed by atoms with Crippen LogP contribution in [0.4, 0.5) is 0 Å². The molecular weight excluding hydrogens is 384 g/mol. The highest BCUT2D eigenvalue weighted by atomic mass is 35.5. The number of hydrogen-bond acceptors (Lipinski definition) is 5. The molecule has 7 heteroatoms. The lowest BCUT2D eigenvalue weighted by atomic mass is 10.0. The number of amides is 1. The van der Waals surface area contributed by atoms with Crippen LogP contribution < -0.4 is 14.8 Å². The lowest BCUT2D eigenvalue weighted by molar-refractivity contribution is -0.116. The Bertz CT molecular complexity index is 824. The van der Waals surface area contributed by atoms with Gasteiger partial charge in [0.1, 0.15) is 0 Å². The van der Waals surface area contributed by atoms with Crippen molar-refractivity contribution in [2.45, 2.75) is 32.1 Å². The molecule has 1 N–H and O–H groups in total. The van der Waals surface area contributed by atoms with Gasteiger partial charge in [-0.3, -0.25) is 4.79 Å². The predicted molar refractivity (Wildman–Crippen MR) is 109 cm³/mol. The number of thiazole rings is 1. The number of ether oxygens (including phenoxy) is 2. The molecule has 0 saturated heterocycles. The molecule has 1 aromatic carbocycles. The number of nitrogens with zero attached hydrogens (tertiary/aromatic N) is 1. The van der Waals surface area contributed by atoms with Crippen LogP contribution in [0.25, 0.3) is 6.08 Å². The average molecular weight is 407 g/mol. The zero-order chi connectivity index (χ0) is 19.2. The summed E-state index contributed by atoms with van der Waals surface area (Å²) in [5, 5.41) is 4.44. The molecule has 1 aliphatic carbocycles. The number of nitrogens with one attached hydrogen (secondary N) is 1. The predicted octanol–water partition coefficient (Wildman–Crippen LogP) is 4.06. The van der Waals surface area contributed by atoms with Crippen molar-refractivity contribution in [3.05, 3.63) is 44.4 Å². The van der Waals surface area contributed by atoms with E-state index < -0.39 is 0 Å². The SMILES string of the molecule is COc1cc(/C=C/C(=O)NCCc2nc3c(s2)CCCC3)cc(Cl)c1OC. The van der Waals surface area contributed by atoms with Gasteiger partial charge in [-0.05, 0) is 49.5 Å². The van der Waals surface area contributed by atoms with Crippen LogP contribution >= 0.6 is 22.9 Å². The van der Waals surface area contributed by atoms with Crippen molar-refractivity contribution in [3.63, 3.8) is 0 Å². The quantitative estimate of drug-likeness (QED) is 0.704. The van der Waals surface area contributed by atoms with E-state index in [0.717, 1.165) is 29.8 Å². The van der Waals surface area contributed by atoms with Gasteiger partial charge in [-0.25, -0.2) is 4.98 Å². The van der Waals surface area contributed by atoms with Gasteiger partial charge in [-0.15, -0.1) is 11.3 Å². The highest BCUT2D eigenvalue weighted by Crippen LogP contribution is 2.36. The van der Waals surface area contributed by atoms with Crippen molar-refractivity contribution < 1.29 is 14.3 Å². The number of benzene rings is 1. The van der Waals surface area contributed by atoms with E-state index in [-0.39, 0.29) is 5.91 Å². The summed E-state index contributed by atoms with van der Waals surface area (Å²) in [6.45, 7) is 0.572. The summed E-state index contributed by atoms with van der Waals surface area (Å²) in [4.78, 5) is 18.2. The highest BCUT2D eigenvalue weighted by molar-refractivity contribution is 7.11. The molecule has 0 bridgehead atoms. The van der Waals surface area contributed by atoms with Crippen LogP contribution in [-0.2, 0) is 24.1 Å². The molecule has 0 atom stereocenters. The van der Waals surface area contributed by atoms with Gasteiger partial charge in [0.05, 0.1) is 29.9 Å². The molecule has 144 valence electrons. The van der Waals surface area contributed by atoms with Gasteiger partial charge in [0.25, 0.3) is 0 Å². The van der Waals surface area contributed by atoms with Crippen LogP contribution in [0.1, 0.15) is 34.0 Å². The first kappa shape index (κ1) is 19.7. The fourth-order valence-corrected chi connectivity index (χ4v) is 4.52. The van der Waals surface area contributed by atoms with Gasteiger partial charge in [-0.2, -0.15) is 0 Å². The molecule has 27 heavy (non-hydrogen) atoms. The minimum atomic E-state index is -0.151. The average Bonchev–Trinajstić information content (AvgIpc) is 3.08. The molecule has 1 heterocycles. The van der Waals surface area contributed by atoms with E-state index in [4.69, 9.17) is 26.1 Å². The normalized spacial score (nSPS) is 13.4. The Kier molecular flexibility index (Phi) is 6.74. The van der Waals surface area contributed by atoms with E-state index >= 15 is 0 Å². The van der Waals surface area contributed by atoms with E-state index in [1.165, 1.54) is 36.6 Å². The van der Waals surface area contributed by atoms with Crippen LogP contribution in [-0.4, -0.2) is 31.7 Å². The first-order valence-electron chi connectivity index (χ1n) is 8.95. The number of halogens is 1. The second-order valence-corrected chi connectivity index (χ2v) is 7.87. The summed E-state index contributed by atoms with van der Waals surface area (Å²) in [6, 6.07) is 3.50. The summed E-state index contributed by atoms with van der Waals surface area (Å²) in [5.74, 6) is 0.854. The number of methoxy groups -OCH3 is 2. The molecule has 1 aliphatic rings. The van der Waals surface area contributed by atoms with Crippen LogP contribution in [0.5, 0.6) is 11.5 Å². The zero-order valence-corrected chi connectivity index (χ0v) is 17.1. The maximum Gasteiger partial charge on any atom is 0.244 e. The minimum absolute atomic E-state index is 0.151. The smallest absolute Gasteiger partial charge is 0.244 e. The fourth-order valence-electron chi connectivity index (χ4n) is 3.07. The van der Waals surface area contributed by atoms with E-state index in [0.29, 0.717) is 23.1 Å². The third kappa shape index (κ3) is 5.02. The molecule has 0 saturated carbocycles. The van der Waals surface area contributed by atoms with Crippen molar-refractivity contribution >= 4 is 34.9 Å². The summed E-state index contributed by atoms with van der Waals surface area (Å²) in [5.41, 5.74) is 2.03. The van der Waals surface area contributed by atoms with Crippen LogP contribution in [0.3, 0.4) is 0 Å². The zero-order valence-electron chi connectivity index (χ0n) is 15.5. The summed E-state index contributed by atoms with van der Waals surface area (Å²) >= 11 is 7.96. The molecule has 3 rings (SSSR count). The minimum Gasteiger partial charge on any atom is -0.493 e. The van der Waals surface area contributed by atoms with Crippen LogP contribution in [0.15, 0.2) is 18.2 Å². The van der Waals surface area contributed by atoms with Gasteiger partial charge < -0.3 is 14.8 Å². The molecule has 2 aromatic rings. The molecule has 0 spiro atoms. The van der Waals surface area contributed by atoms with Crippen molar-refractivity contribution in [1.82, 2.24) is 10.3 Å². The largest absolute Gasteiger partial charge is 0.493 e. The molecule has 0 fully saturated rings. The van der Waals surface area contributed by atoms with Gasteiger partial charge in [0, 0.05) is 23.9 Å². The third-order valence-corrected chi connectivity index (χ3v) is 5.91. The number of aromatic nitrogens is 1. The Hall–Kier alpha value is -2.05. The van der Waals surface area contributed by atoms with Gasteiger partial charge >= 0.3 is 0 Å². The summed E-state index contributed by atoms with van der Waals surface area (Å²) in [6.07, 6.45) is 8.69. The number of fused-ring (bicyclic) bond motifs is 1. The number of carbonyl (C=O) groups excluding carboxylic acids is 1. The molecule has 0 unspecified atom stereocenters. The van der Waals surface area contributed by atoms with Gasteiger partial charge in [-0.1, -0.05) is 11.6 Å². The first-order valence-corrected chi connectivity index (χ1v) is 10.1. The third-order valence-electron chi connectivity index (χ3n) is 4.41. The van der Waals surface area contributed by atoms with Crippen molar-refractivity contribution in [2.24, 2.45) is 0 Å². The van der Waals surface area contributed by atoms with E-state index in [1.807, 2.05) is 0 Å². The Morgan fingerprint density at radius 1 is 1.30 bits per heavy atom. The number of hydrogen-bond donors (Lipinski definition) is 1. The Balaban J connectivity index is 1.53. The standard InChI is InChI=1S/C20H23ClN2O3S/c1-25-16-12-13(11-14(21)20(16)26-2)7-8-18(24)22-10-9-19-23-15-5-3-4-6-17(15)27-19/h7-8,11-12H,3-6,9-10H2,1-2H3,(H,22,24)/b8-7+. The maximum absolute atomic E-state index is 12.1. The second kappa shape index (κ2) is 9.24. The van der Waals surface area contributed by atoms with E-state index in [9.17, 15) is 4.79 Å². The summed E-state index contributed by atoms with van der Waals surface area (Å²) in [7, 11) is 3.08. The molecule has 0 radical (unpaired) electrons. The topological polar surface area (TPSA) is 60.5 Å². The lowest BCUT2D eigenvalue weighted by Crippen LogP contribution is -2.23. The maximum atomic E-state index is 12.1. The highest BCUT2D eigenvalue weighted by Gasteiger charge is 2.15.